The smallest absolute Gasteiger partial charge is 0.309 e. The average Bonchev–Trinajstić information content (AvgIpc) is 2.92. The van der Waals surface area contributed by atoms with Crippen LogP contribution in [0.5, 0.6) is 11.5 Å². The lowest BCUT2D eigenvalue weighted by Crippen LogP contribution is -2.12. The van der Waals surface area contributed by atoms with E-state index in [9.17, 15) is 9.59 Å². The second-order valence-electron chi connectivity index (χ2n) is 4.24. The van der Waals surface area contributed by atoms with Crippen LogP contribution in [0.2, 0.25) is 0 Å². The van der Waals surface area contributed by atoms with Gasteiger partial charge in [-0.05, 0) is 18.2 Å². The number of hydrogen-bond donors (Lipinski definition) is 2. The molecule has 7 nitrogen and oxygen atoms in total. The Morgan fingerprint density at radius 3 is 2.64 bits per heavy atom. The summed E-state index contributed by atoms with van der Waals surface area (Å²) < 4.78 is 10.2. The van der Waals surface area contributed by atoms with Crippen molar-refractivity contribution in [3.05, 3.63) is 34.8 Å². The minimum absolute atomic E-state index is 0.178. The number of aromatic nitrogens is 1. The third-order valence-corrected chi connectivity index (χ3v) is 3.56. The SMILES string of the molecule is COc1ccc(C(=O)Nc2nc(CC(=O)O)cs2)cc1OC. The molecule has 2 N–H and O–H groups in total. The second-order valence-corrected chi connectivity index (χ2v) is 5.10. The first-order valence-corrected chi connectivity index (χ1v) is 7.11. The summed E-state index contributed by atoms with van der Waals surface area (Å²) in [6.07, 6.45) is -0.178. The van der Waals surface area contributed by atoms with Gasteiger partial charge in [0.1, 0.15) is 0 Å². The Morgan fingerprint density at radius 2 is 2.00 bits per heavy atom. The molecule has 0 atom stereocenters. The summed E-state index contributed by atoms with van der Waals surface area (Å²) in [5.41, 5.74) is 0.785. The van der Waals surface area contributed by atoms with Gasteiger partial charge in [-0.3, -0.25) is 14.9 Å². The van der Waals surface area contributed by atoms with Crippen LogP contribution < -0.4 is 14.8 Å². The number of anilines is 1. The van der Waals surface area contributed by atoms with Crippen molar-refractivity contribution in [1.82, 2.24) is 4.98 Å². The van der Waals surface area contributed by atoms with E-state index >= 15 is 0 Å². The quantitative estimate of drug-likeness (QED) is 0.844. The maximum atomic E-state index is 12.2. The fourth-order valence-electron chi connectivity index (χ4n) is 1.75. The summed E-state index contributed by atoms with van der Waals surface area (Å²) >= 11 is 1.17. The minimum Gasteiger partial charge on any atom is -0.493 e. The number of thiazole rings is 1. The molecule has 1 heterocycles. The third-order valence-electron chi connectivity index (χ3n) is 2.75. The lowest BCUT2D eigenvalue weighted by molar-refractivity contribution is -0.136. The Balaban J connectivity index is 2.11. The molecule has 2 aromatic rings. The summed E-state index contributed by atoms with van der Waals surface area (Å²) in [6.45, 7) is 0. The van der Waals surface area contributed by atoms with E-state index in [-0.39, 0.29) is 12.3 Å². The molecule has 0 bridgehead atoms. The molecule has 0 saturated carbocycles. The van der Waals surface area contributed by atoms with Crippen LogP contribution >= 0.6 is 11.3 Å². The third kappa shape index (κ3) is 3.73. The number of rotatable bonds is 6. The minimum atomic E-state index is -0.969. The van der Waals surface area contributed by atoms with Gasteiger partial charge in [0, 0.05) is 10.9 Å². The predicted octanol–water partition coefficient (Wildman–Crippen LogP) is 2.04. The van der Waals surface area contributed by atoms with Crippen LogP contribution in [0.4, 0.5) is 5.13 Å². The first-order valence-electron chi connectivity index (χ1n) is 6.23. The van der Waals surface area contributed by atoms with Crippen molar-refractivity contribution in [2.24, 2.45) is 0 Å². The maximum absolute atomic E-state index is 12.2. The highest BCUT2D eigenvalue weighted by Crippen LogP contribution is 2.28. The summed E-state index contributed by atoms with van der Waals surface area (Å²) in [5.74, 6) is -0.363. The van der Waals surface area contributed by atoms with Gasteiger partial charge in [-0.25, -0.2) is 4.98 Å². The van der Waals surface area contributed by atoms with Gasteiger partial charge in [-0.1, -0.05) is 0 Å². The highest BCUT2D eigenvalue weighted by Gasteiger charge is 2.13. The maximum Gasteiger partial charge on any atom is 0.309 e. The average molecular weight is 322 g/mol. The topological polar surface area (TPSA) is 97.8 Å². The molecule has 0 fully saturated rings. The van der Waals surface area contributed by atoms with Crippen LogP contribution in [0, 0.1) is 0 Å². The van der Waals surface area contributed by atoms with E-state index in [1.54, 1.807) is 23.6 Å². The van der Waals surface area contributed by atoms with Crippen molar-refractivity contribution < 1.29 is 24.2 Å². The number of ether oxygens (including phenoxy) is 2. The fourth-order valence-corrected chi connectivity index (χ4v) is 2.45. The van der Waals surface area contributed by atoms with Crippen LogP contribution in [0.1, 0.15) is 16.1 Å². The number of benzene rings is 1. The molecule has 0 radical (unpaired) electrons. The number of amides is 1. The molecular formula is C14H14N2O5S. The van der Waals surface area contributed by atoms with Crippen LogP contribution in [-0.2, 0) is 11.2 Å². The predicted molar refractivity (Wildman–Crippen MR) is 81.0 cm³/mol. The van der Waals surface area contributed by atoms with Gasteiger partial charge in [0.05, 0.1) is 26.3 Å². The molecule has 0 aliphatic carbocycles. The molecule has 0 unspecified atom stereocenters. The first kappa shape index (κ1) is 15.8. The Hall–Kier alpha value is -2.61. The number of aliphatic carboxylic acids is 1. The van der Waals surface area contributed by atoms with Gasteiger partial charge in [-0.2, -0.15) is 0 Å². The van der Waals surface area contributed by atoms with E-state index in [0.717, 1.165) is 0 Å². The monoisotopic (exact) mass is 322 g/mol. The Kier molecular flexibility index (Phi) is 4.95. The number of hydrogen-bond acceptors (Lipinski definition) is 6. The largest absolute Gasteiger partial charge is 0.493 e. The molecule has 0 saturated heterocycles. The van der Waals surface area contributed by atoms with Gasteiger partial charge in [0.2, 0.25) is 0 Å². The van der Waals surface area contributed by atoms with E-state index in [0.29, 0.717) is 27.9 Å². The number of carbonyl (C=O) groups is 2. The fraction of sp³-hybridized carbons (Fsp3) is 0.214. The van der Waals surface area contributed by atoms with Crippen LogP contribution in [-0.4, -0.2) is 36.2 Å². The molecule has 0 aliphatic rings. The van der Waals surface area contributed by atoms with Crippen LogP contribution in [0.15, 0.2) is 23.6 Å². The number of carboxylic acid groups (broad SMARTS) is 1. The van der Waals surface area contributed by atoms with Crippen LogP contribution in [0.3, 0.4) is 0 Å². The second kappa shape index (κ2) is 6.90. The molecule has 1 aromatic heterocycles. The molecule has 116 valence electrons. The number of nitrogens with one attached hydrogen (secondary N) is 1. The van der Waals surface area contributed by atoms with Crippen molar-refractivity contribution in [3.63, 3.8) is 0 Å². The molecule has 8 heteroatoms. The Bertz CT molecular complexity index is 698. The lowest BCUT2D eigenvalue weighted by atomic mass is 10.2. The molecule has 22 heavy (non-hydrogen) atoms. The zero-order valence-electron chi connectivity index (χ0n) is 12.0. The molecule has 1 aromatic carbocycles. The molecule has 0 aliphatic heterocycles. The Labute approximate surface area is 130 Å². The molecule has 1 amide bonds. The molecular weight excluding hydrogens is 308 g/mol. The van der Waals surface area contributed by atoms with E-state index in [2.05, 4.69) is 10.3 Å². The van der Waals surface area contributed by atoms with E-state index in [1.807, 2.05) is 0 Å². The number of methoxy groups -OCH3 is 2. The zero-order chi connectivity index (χ0) is 16.1. The van der Waals surface area contributed by atoms with Gasteiger partial charge >= 0.3 is 5.97 Å². The molecule has 0 spiro atoms. The van der Waals surface area contributed by atoms with E-state index in [1.165, 1.54) is 25.6 Å². The van der Waals surface area contributed by atoms with Crippen molar-refractivity contribution in [1.29, 1.82) is 0 Å². The van der Waals surface area contributed by atoms with Crippen molar-refractivity contribution in [2.45, 2.75) is 6.42 Å². The highest BCUT2D eigenvalue weighted by molar-refractivity contribution is 7.14. The van der Waals surface area contributed by atoms with Gasteiger partial charge < -0.3 is 14.6 Å². The van der Waals surface area contributed by atoms with Crippen molar-refractivity contribution >= 4 is 28.3 Å². The van der Waals surface area contributed by atoms with Gasteiger partial charge in [0.25, 0.3) is 5.91 Å². The first-order chi connectivity index (χ1) is 10.5. The Morgan fingerprint density at radius 1 is 1.27 bits per heavy atom. The zero-order valence-corrected chi connectivity index (χ0v) is 12.8. The van der Waals surface area contributed by atoms with Crippen molar-refractivity contribution in [3.8, 4) is 11.5 Å². The normalized spacial score (nSPS) is 10.1. The number of nitrogens with zero attached hydrogens (tertiary/aromatic N) is 1. The molecule has 2 rings (SSSR count). The number of carbonyl (C=O) groups excluding carboxylic acids is 1. The van der Waals surface area contributed by atoms with E-state index in [4.69, 9.17) is 14.6 Å². The van der Waals surface area contributed by atoms with Crippen LogP contribution in [0.25, 0.3) is 0 Å². The van der Waals surface area contributed by atoms with E-state index < -0.39 is 5.97 Å². The highest BCUT2D eigenvalue weighted by atomic mass is 32.1. The lowest BCUT2D eigenvalue weighted by Gasteiger charge is -2.09. The van der Waals surface area contributed by atoms with Gasteiger partial charge in [0.15, 0.2) is 16.6 Å². The summed E-state index contributed by atoms with van der Waals surface area (Å²) in [4.78, 5) is 26.8. The number of carboxylic acids is 1. The summed E-state index contributed by atoms with van der Waals surface area (Å²) in [6, 6.07) is 4.79. The van der Waals surface area contributed by atoms with Gasteiger partial charge in [-0.15, -0.1) is 11.3 Å². The summed E-state index contributed by atoms with van der Waals surface area (Å²) in [5, 5.41) is 13.3. The summed E-state index contributed by atoms with van der Waals surface area (Å²) in [7, 11) is 3.00. The van der Waals surface area contributed by atoms with Crippen molar-refractivity contribution in [2.75, 3.05) is 19.5 Å². The standard InChI is InChI=1S/C14H14N2O5S/c1-20-10-4-3-8(5-11(10)21-2)13(19)16-14-15-9(7-22-14)6-12(17)18/h3-5,7H,6H2,1-2H3,(H,17,18)(H,15,16,19).